The number of fused-ring (bicyclic) bond motifs is 2. The largest absolute Gasteiger partial charge is 0.376 e. The first-order valence-electron chi connectivity index (χ1n) is 14.7. The lowest BCUT2D eigenvalue weighted by molar-refractivity contribution is 0.0329. The van der Waals surface area contributed by atoms with Crippen LogP contribution in [-0.4, -0.2) is 39.8 Å². The topological polar surface area (TPSA) is 80.5 Å². The van der Waals surface area contributed by atoms with E-state index in [0.717, 1.165) is 66.8 Å². The van der Waals surface area contributed by atoms with Gasteiger partial charge in [-0.15, -0.1) is 0 Å². The molecule has 4 heterocycles. The number of pyridine rings is 1. The van der Waals surface area contributed by atoms with Crippen molar-refractivity contribution in [3.63, 3.8) is 0 Å². The van der Waals surface area contributed by atoms with Crippen LogP contribution in [0.3, 0.4) is 0 Å². The van der Waals surface area contributed by atoms with Crippen LogP contribution in [0.4, 0.5) is 10.5 Å². The molecule has 3 atom stereocenters. The molecular weight excluding hydrogens is 571 g/mol. The van der Waals surface area contributed by atoms with Crippen molar-refractivity contribution in [3.05, 3.63) is 88.2 Å². The lowest BCUT2D eigenvalue weighted by Crippen LogP contribution is -2.50. The molecule has 2 aliphatic heterocycles. The van der Waals surface area contributed by atoms with Crippen LogP contribution in [-0.2, 0) is 11.3 Å². The smallest absolute Gasteiger partial charge is 0.322 e. The molecule has 1 saturated carbocycles. The average molecular weight is 604 g/mol. The minimum Gasteiger partial charge on any atom is -0.376 e. The highest BCUT2D eigenvalue weighted by Crippen LogP contribution is 2.46. The molecule has 216 valence electrons. The molecule has 2 aromatic heterocycles. The highest BCUT2D eigenvalue weighted by Gasteiger charge is 2.45. The normalized spacial score (nSPS) is 21.5. The van der Waals surface area contributed by atoms with Gasteiger partial charge in [0.2, 0.25) is 0 Å². The Balaban J connectivity index is 1.04. The lowest BCUT2D eigenvalue weighted by atomic mass is 9.91. The number of nitrogens with one attached hydrogen (secondary N) is 1. The number of aromatic nitrogens is 2. The quantitative estimate of drug-likeness (QED) is 0.218. The molecule has 1 aliphatic carbocycles. The lowest BCUT2D eigenvalue weighted by Gasteiger charge is -2.40. The summed E-state index contributed by atoms with van der Waals surface area (Å²) < 4.78 is 12.2. The Hall–Kier alpha value is -3.39. The zero-order valence-corrected chi connectivity index (χ0v) is 24.7. The monoisotopic (exact) mass is 602 g/mol. The maximum atomic E-state index is 13.6. The van der Waals surface area contributed by atoms with Gasteiger partial charge in [0, 0.05) is 52.5 Å². The van der Waals surface area contributed by atoms with Crippen molar-refractivity contribution in [2.24, 2.45) is 5.92 Å². The fourth-order valence-corrected chi connectivity index (χ4v) is 7.18. The van der Waals surface area contributed by atoms with Crippen molar-refractivity contribution in [1.29, 1.82) is 0 Å². The van der Waals surface area contributed by atoms with Crippen molar-refractivity contribution in [3.8, 4) is 22.5 Å². The summed E-state index contributed by atoms with van der Waals surface area (Å²) in [4.78, 5) is 20.1. The number of benzene rings is 2. The van der Waals surface area contributed by atoms with Crippen LogP contribution in [0.2, 0.25) is 10.0 Å². The van der Waals surface area contributed by atoms with E-state index in [9.17, 15) is 4.79 Å². The van der Waals surface area contributed by atoms with Crippen molar-refractivity contribution >= 4 is 34.9 Å². The van der Waals surface area contributed by atoms with Gasteiger partial charge in [-0.2, -0.15) is 0 Å². The molecule has 2 aromatic carbocycles. The number of hydrogen-bond acceptors (Lipinski definition) is 5. The number of ether oxygens (including phenoxy) is 1. The van der Waals surface area contributed by atoms with Crippen LogP contribution >= 0.6 is 23.2 Å². The van der Waals surface area contributed by atoms with E-state index in [1.165, 1.54) is 0 Å². The number of anilines is 1. The van der Waals surface area contributed by atoms with Crippen molar-refractivity contribution in [2.45, 2.75) is 63.1 Å². The minimum absolute atomic E-state index is 0.0453. The van der Waals surface area contributed by atoms with Gasteiger partial charge in [0.25, 0.3) is 0 Å². The second kappa shape index (κ2) is 11.7. The predicted molar refractivity (Wildman–Crippen MR) is 164 cm³/mol. The molecule has 3 aliphatic rings. The Morgan fingerprint density at radius 1 is 0.976 bits per heavy atom. The van der Waals surface area contributed by atoms with Crippen molar-refractivity contribution in [2.75, 3.05) is 11.9 Å². The van der Waals surface area contributed by atoms with Crippen molar-refractivity contribution in [1.82, 2.24) is 15.0 Å². The number of rotatable bonds is 8. The maximum absolute atomic E-state index is 13.6. The number of carbonyl (C=O) groups is 1. The van der Waals surface area contributed by atoms with Crippen LogP contribution in [0, 0.1) is 5.92 Å². The van der Waals surface area contributed by atoms with Gasteiger partial charge in [-0.05, 0) is 74.9 Å². The second-order valence-electron chi connectivity index (χ2n) is 11.5. The molecule has 4 aromatic rings. The van der Waals surface area contributed by atoms with E-state index < -0.39 is 0 Å². The molecule has 2 saturated heterocycles. The molecule has 42 heavy (non-hydrogen) atoms. The van der Waals surface area contributed by atoms with Gasteiger partial charge in [0.15, 0.2) is 0 Å². The van der Waals surface area contributed by atoms with Gasteiger partial charge in [-0.1, -0.05) is 52.6 Å². The second-order valence-corrected chi connectivity index (χ2v) is 12.3. The number of urea groups is 1. The number of amides is 2. The zero-order chi connectivity index (χ0) is 28.6. The number of hydrogen-bond donors (Lipinski definition) is 1. The van der Waals surface area contributed by atoms with E-state index in [4.69, 9.17) is 32.5 Å². The van der Waals surface area contributed by atoms with Crippen LogP contribution < -0.4 is 5.32 Å². The summed E-state index contributed by atoms with van der Waals surface area (Å²) >= 11 is 13.1. The van der Waals surface area contributed by atoms with Gasteiger partial charge in [-0.3, -0.25) is 4.98 Å². The van der Waals surface area contributed by atoms with Crippen LogP contribution in [0.25, 0.3) is 22.5 Å². The average Bonchev–Trinajstić information content (AvgIpc) is 3.69. The van der Waals surface area contributed by atoms with E-state index in [0.29, 0.717) is 40.4 Å². The van der Waals surface area contributed by atoms with Gasteiger partial charge in [0.05, 0.1) is 29.0 Å². The van der Waals surface area contributed by atoms with Crippen LogP contribution in [0.15, 0.2) is 71.4 Å². The summed E-state index contributed by atoms with van der Waals surface area (Å²) in [5.74, 6) is 1.50. The van der Waals surface area contributed by atoms with Crippen LogP contribution in [0.5, 0.6) is 0 Å². The molecule has 9 heteroatoms. The first-order chi connectivity index (χ1) is 20.6. The Kier molecular flexibility index (Phi) is 7.65. The molecule has 7 nitrogen and oxygen atoms in total. The SMILES string of the molecule is O=C(Nc1cccc(-c2ccccn2)c1)N1C2CCC(COCc3c(-c4c(Cl)cccc4Cl)noc3C3CC3)C1CC2. The molecule has 0 radical (unpaired) electrons. The number of piperidine rings is 1. The Labute approximate surface area is 255 Å². The predicted octanol–water partition coefficient (Wildman–Crippen LogP) is 8.58. The molecule has 1 N–H and O–H groups in total. The third-order valence-electron chi connectivity index (χ3n) is 8.81. The molecule has 3 unspecified atom stereocenters. The van der Waals surface area contributed by atoms with E-state index in [1.807, 2.05) is 60.7 Å². The first kappa shape index (κ1) is 27.4. The third kappa shape index (κ3) is 5.41. The summed E-state index contributed by atoms with van der Waals surface area (Å²) in [5, 5.41) is 8.62. The summed E-state index contributed by atoms with van der Waals surface area (Å²) in [6.45, 7) is 0.923. The third-order valence-corrected chi connectivity index (χ3v) is 9.44. The Morgan fingerprint density at radius 2 is 1.79 bits per heavy atom. The highest BCUT2D eigenvalue weighted by molar-refractivity contribution is 6.39. The minimum atomic E-state index is -0.0453. The summed E-state index contributed by atoms with van der Waals surface area (Å²) in [7, 11) is 0. The van der Waals surface area contributed by atoms with Gasteiger partial charge in [0.1, 0.15) is 11.5 Å². The number of carbonyl (C=O) groups excluding carboxylic acids is 1. The standard InChI is InChI=1S/C33H32Cl2N4O3/c34-26-7-4-8-27(35)30(26)31-25(32(42-38-31)20-10-11-20)19-41-18-22-12-13-24-14-15-29(22)39(24)33(40)37-23-6-3-5-21(17-23)28-9-1-2-16-36-28/h1-9,16-17,20,22,24,29H,10-15,18-19H2,(H,37,40). The molecule has 2 amide bonds. The van der Waals surface area contributed by atoms with Crippen molar-refractivity contribution < 1.29 is 14.1 Å². The first-order valence-corrected chi connectivity index (χ1v) is 15.4. The number of nitrogens with zero attached hydrogens (tertiary/aromatic N) is 3. The molecule has 2 bridgehead atoms. The van der Waals surface area contributed by atoms with Gasteiger partial charge >= 0.3 is 6.03 Å². The molecule has 0 spiro atoms. The van der Waals surface area contributed by atoms with Gasteiger partial charge < -0.3 is 19.5 Å². The fourth-order valence-electron chi connectivity index (χ4n) is 6.61. The van der Waals surface area contributed by atoms with E-state index in [-0.39, 0.29) is 24.0 Å². The Bertz CT molecular complexity index is 1570. The summed E-state index contributed by atoms with van der Waals surface area (Å²) in [5.41, 5.74) is 4.88. The highest BCUT2D eigenvalue weighted by atomic mass is 35.5. The van der Waals surface area contributed by atoms with E-state index in [2.05, 4.69) is 20.4 Å². The summed E-state index contributed by atoms with van der Waals surface area (Å²) in [6.07, 6.45) is 7.97. The van der Waals surface area contributed by atoms with Crippen LogP contribution in [0.1, 0.15) is 55.8 Å². The van der Waals surface area contributed by atoms with Gasteiger partial charge in [-0.25, -0.2) is 4.79 Å². The molecule has 7 rings (SSSR count). The van der Waals surface area contributed by atoms with E-state index >= 15 is 0 Å². The number of halogens is 2. The fraction of sp³-hybridized carbons (Fsp3) is 0.364. The molecule has 3 fully saturated rings. The maximum Gasteiger partial charge on any atom is 0.322 e. The Morgan fingerprint density at radius 3 is 2.57 bits per heavy atom. The van der Waals surface area contributed by atoms with E-state index in [1.54, 1.807) is 6.20 Å². The zero-order valence-electron chi connectivity index (χ0n) is 23.1. The summed E-state index contributed by atoms with van der Waals surface area (Å²) in [6, 6.07) is 19.5. The molecular formula is C33H32Cl2N4O3.